The van der Waals surface area contributed by atoms with Gasteiger partial charge in [0.15, 0.2) is 0 Å². The summed E-state index contributed by atoms with van der Waals surface area (Å²) in [5.74, 6) is -1.93. The number of nitrogens with two attached hydrogens (primary N) is 1. The molecule has 1 saturated heterocycles. The van der Waals surface area contributed by atoms with Gasteiger partial charge in [-0.05, 0) is 38.0 Å². The number of aromatic nitrogens is 1. The average Bonchev–Trinajstić information content (AvgIpc) is 3.05. The molecule has 30 heavy (non-hydrogen) atoms. The molecular formula is C20H25F2N5OS2. The van der Waals surface area contributed by atoms with Gasteiger partial charge in [0.25, 0.3) is 5.91 Å². The van der Waals surface area contributed by atoms with Crippen molar-refractivity contribution in [2.45, 2.75) is 32.4 Å². The fourth-order valence-electron chi connectivity index (χ4n) is 3.38. The molecule has 1 atom stereocenters. The second-order valence-electron chi connectivity index (χ2n) is 7.14. The Balaban J connectivity index is 0.00000225. The van der Waals surface area contributed by atoms with Crippen molar-refractivity contribution >= 4 is 38.6 Å². The highest BCUT2D eigenvalue weighted by molar-refractivity contribution is 7.59. The average molecular weight is 454 g/mol. The standard InChI is InChI=1S/C20H21F2N5O.2H2S/c1-11(2)26-20(28)16-9-25-17(8-23)18(12-5-13(21)7-14(22)6-12)19(16)27-4-3-15(24)10-27;;/h5-7,9,11,15H,3-4,10,24H2,1-2H3,(H,26,28);2*1H2/t15-;;/m0../s1. The summed E-state index contributed by atoms with van der Waals surface area (Å²) in [6.07, 6.45) is 2.03. The van der Waals surface area contributed by atoms with Crippen LogP contribution in [-0.4, -0.2) is 36.1 Å². The molecule has 6 nitrogen and oxygen atoms in total. The van der Waals surface area contributed by atoms with Crippen LogP contribution in [-0.2, 0) is 0 Å². The zero-order valence-corrected chi connectivity index (χ0v) is 18.7. The summed E-state index contributed by atoms with van der Waals surface area (Å²) in [6.45, 7) is 4.66. The van der Waals surface area contributed by atoms with Crippen LogP contribution in [0.3, 0.4) is 0 Å². The van der Waals surface area contributed by atoms with Crippen LogP contribution in [0.2, 0.25) is 0 Å². The zero-order valence-electron chi connectivity index (χ0n) is 16.7. The van der Waals surface area contributed by atoms with E-state index in [4.69, 9.17) is 5.73 Å². The lowest BCUT2D eigenvalue weighted by Gasteiger charge is -2.25. The lowest BCUT2D eigenvalue weighted by Crippen LogP contribution is -2.33. The molecule has 0 unspecified atom stereocenters. The summed E-state index contributed by atoms with van der Waals surface area (Å²) in [5, 5.41) is 12.4. The van der Waals surface area contributed by atoms with Crippen LogP contribution >= 0.6 is 27.0 Å². The van der Waals surface area contributed by atoms with E-state index in [-0.39, 0.29) is 67.4 Å². The van der Waals surface area contributed by atoms with Gasteiger partial charge in [-0.3, -0.25) is 4.79 Å². The lowest BCUT2D eigenvalue weighted by molar-refractivity contribution is 0.0943. The molecule has 3 N–H and O–H groups in total. The predicted octanol–water partition coefficient (Wildman–Crippen LogP) is 2.80. The molecule has 0 radical (unpaired) electrons. The number of carbonyl (C=O) groups is 1. The SMILES string of the molecule is CC(C)NC(=O)c1cnc(C#N)c(-c2cc(F)cc(F)c2)c1N1CC[C@H](N)C1.S.S. The van der Waals surface area contributed by atoms with Gasteiger partial charge in [-0.2, -0.15) is 32.3 Å². The number of amides is 1. The summed E-state index contributed by atoms with van der Waals surface area (Å²) in [7, 11) is 0. The molecule has 1 fully saturated rings. The Morgan fingerprint density at radius 1 is 1.30 bits per heavy atom. The molecule has 0 aliphatic carbocycles. The van der Waals surface area contributed by atoms with E-state index in [1.54, 1.807) is 0 Å². The van der Waals surface area contributed by atoms with Gasteiger partial charge in [0.2, 0.25) is 0 Å². The third-order valence-corrected chi connectivity index (χ3v) is 4.51. The fourth-order valence-corrected chi connectivity index (χ4v) is 3.38. The maximum atomic E-state index is 13.9. The number of anilines is 1. The number of hydrogen-bond donors (Lipinski definition) is 2. The van der Waals surface area contributed by atoms with E-state index in [9.17, 15) is 18.8 Å². The van der Waals surface area contributed by atoms with Crippen molar-refractivity contribution in [3.05, 3.63) is 47.3 Å². The molecule has 10 heteroatoms. The van der Waals surface area contributed by atoms with Gasteiger partial charge in [0, 0.05) is 43.0 Å². The molecule has 1 amide bonds. The normalized spacial score (nSPS) is 15.2. The van der Waals surface area contributed by atoms with Crippen LogP contribution in [0.15, 0.2) is 24.4 Å². The number of carbonyl (C=O) groups excluding carboxylic acids is 1. The summed E-state index contributed by atoms with van der Waals surface area (Å²) < 4.78 is 27.8. The van der Waals surface area contributed by atoms with E-state index in [1.807, 2.05) is 24.8 Å². The third kappa shape index (κ3) is 5.41. The summed E-state index contributed by atoms with van der Waals surface area (Å²) in [6, 6.07) is 4.76. The minimum absolute atomic E-state index is 0. The quantitative estimate of drug-likeness (QED) is 0.742. The first kappa shape index (κ1) is 25.7. The highest BCUT2D eigenvalue weighted by Crippen LogP contribution is 2.38. The number of hydrogen-bond acceptors (Lipinski definition) is 5. The number of pyridine rings is 1. The zero-order chi connectivity index (χ0) is 20.4. The molecule has 162 valence electrons. The Bertz CT molecular complexity index is 945. The lowest BCUT2D eigenvalue weighted by atomic mass is 9.97. The molecule has 1 aliphatic rings. The Hall–Kier alpha value is -2.35. The predicted molar refractivity (Wildman–Crippen MR) is 122 cm³/mol. The van der Waals surface area contributed by atoms with Crippen LogP contribution in [0.25, 0.3) is 11.1 Å². The van der Waals surface area contributed by atoms with Crippen molar-refractivity contribution in [3.8, 4) is 17.2 Å². The van der Waals surface area contributed by atoms with E-state index in [0.717, 1.165) is 18.2 Å². The van der Waals surface area contributed by atoms with Crippen molar-refractivity contribution in [2.75, 3.05) is 18.0 Å². The first-order valence-corrected chi connectivity index (χ1v) is 9.01. The van der Waals surface area contributed by atoms with Crippen LogP contribution in [0.5, 0.6) is 0 Å². The number of rotatable bonds is 4. The fraction of sp³-hybridized carbons (Fsp3) is 0.350. The van der Waals surface area contributed by atoms with E-state index >= 15 is 0 Å². The second kappa shape index (κ2) is 10.6. The van der Waals surface area contributed by atoms with E-state index < -0.39 is 11.6 Å². The Morgan fingerprint density at radius 2 is 1.93 bits per heavy atom. The largest absolute Gasteiger partial charge is 0.369 e. The van der Waals surface area contributed by atoms with Gasteiger partial charge < -0.3 is 16.0 Å². The minimum Gasteiger partial charge on any atom is -0.369 e. The Kier molecular flexibility index (Phi) is 9.09. The number of nitrogens with one attached hydrogen (secondary N) is 1. The van der Waals surface area contributed by atoms with Crippen LogP contribution in [0, 0.1) is 23.0 Å². The number of benzene rings is 1. The summed E-state index contributed by atoms with van der Waals surface area (Å²) >= 11 is 0. The van der Waals surface area contributed by atoms with E-state index in [2.05, 4.69) is 10.3 Å². The van der Waals surface area contributed by atoms with Crippen LogP contribution in [0.4, 0.5) is 14.5 Å². The van der Waals surface area contributed by atoms with Gasteiger partial charge in [-0.15, -0.1) is 0 Å². The molecule has 0 saturated carbocycles. The highest BCUT2D eigenvalue weighted by atomic mass is 32.1. The van der Waals surface area contributed by atoms with Crippen molar-refractivity contribution in [1.29, 1.82) is 5.26 Å². The molecule has 0 bridgehead atoms. The Morgan fingerprint density at radius 3 is 2.43 bits per heavy atom. The van der Waals surface area contributed by atoms with Gasteiger partial charge in [-0.25, -0.2) is 13.8 Å². The van der Waals surface area contributed by atoms with Gasteiger partial charge in [-0.1, -0.05) is 0 Å². The first-order chi connectivity index (χ1) is 13.3. The van der Waals surface area contributed by atoms with Gasteiger partial charge >= 0.3 is 0 Å². The second-order valence-corrected chi connectivity index (χ2v) is 7.14. The number of nitriles is 1. The molecule has 2 heterocycles. The highest BCUT2D eigenvalue weighted by Gasteiger charge is 2.29. The van der Waals surface area contributed by atoms with Crippen molar-refractivity contribution < 1.29 is 13.6 Å². The molecule has 1 aromatic carbocycles. The maximum absolute atomic E-state index is 13.9. The topological polar surface area (TPSA) is 95.0 Å². The molecule has 0 spiro atoms. The minimum atomic E-state index is -0.778. The van der Waals surface area contributed by atoms with Gasteiger partial charge in [0.1, 0.15) is 23.4 Å². The molecule has 1 aromatic heterocycles. The van der Waals surface area contributed by atoms with Crippen LogP contribution < -0.4 is 16.0 Å². The van der Waals surface area contributed by atoms with E-state index in [0.29, 0.717) is 25.2 Å². The first-order valence-electron chi connectivity index (χ1n) is 9.01. The molecule has 1 aliphatic heterocycles. The van der Waals surface area contributed by atoms with Crippen molar-refractivity contribution in [3.63, 3.8) is 0 Å². The maximum Gasteiger partial charge on any atom is 0.255 e. The van der Waals surface area contributed by atoms with Gasteiger partial charge in [0.05, 0.1) is 11.3 Å². The van der Waals surface area contributed by atoms with Crippen molar-refractivity contribution in [2.24, 2.45) is 5.73 Å². The monoisotopic (exact) mass is 453 g/mol. The molecular weight excluding hydrogens is 428 g/mol. The number of nitrogens with zero attached hydrogens (tertiary/aromatic N) is 3. The molecule has 3 rings (SSSR count). The molecule has 2 aromatic rings. The van der Waals surface area contributed by atoms with Crippen molar-refractivity contribution in [1.82, 2.24) is 10.3 Å². The smallest absolute Gasteiger partial charge is 0.255 e. The summed E-state index contributed by atoms with van der Waals surface area (Å²) in [4.78, 5) is 18.8. The third-order valence-electron chi connectivity index (χ3n) is 4.51. The number of halogens is 2. The summed E-state index contributed by atoms with van der Waals surface area (Å²) in [5.41, 5.74) is 7.06. The van der Waals surface area contributed by atoms with Crippen LogP contribution in [0.1, 0.15) is 36.3 Å². The Labute approximate surface area is 188 Å². The van der Waals surface area contributed by atoms with E-state index in [1.165, 1.54) is 6.20 Å².